The van der Waals surface area contributed by atoms with Gasteiger partial charge in [0.1, 0.15) is 0 Å². The highest BCUT2D eigenvalue weighted by molar-refractivity contribution is 5.85. The van der Waals surface area contributed by atoms with Crippen molar-refractivity contribution >= 4 is 5.97 Å². The molecule has 0 aromatic heterocycles. The van der Waals surface area contributed by atoms with Gasteiger partial charge in [0.25, 0.3) is 0 Å². The van der Waals surface area contributed by atoms with Crippen LogP contribution in [0.3, 0.4) is 0 Å². The minimum absolute atomic E-state index is 0.139. The van der Waals surface area contributed by atoms with E-state index in [1.54, 1.807) is 7.11 Å². The molecule has 4 aliphatic carbocycles. The van der Waals surface area contributed by atoms with E-state index in [4.69, 9.17) is 4.74 Å². The third-order valence-corrected chi connectivity index (χ3v) is 9.19. The first kappa shape index (κ1) is 20.7. The molecule has 2 saturated carbocycles. The van der Waals surface area contributed by atoms with Gasteiger partial charge in [-0.3, -0.25) is 0 Å². The number of allylic oxidation sites excluding steroid dienone is 5. The van der Waals surface area contributed by atoms with Crippen LogP contribution in [0.4, 0.5) is 4.39 Å². The molecule has 0 aromatic carbocycles. The van der Waals surface area contributed by atoms with Crippen LogP contribution in [0.1, 0.15) is 72.1 Å². The number of fused-ring (bicyclic) bond motifs is 5. The molecule has 4 aliphatic rings. The SMILES string of the molecule is CCC[C@H]1CC(OC)=CC2=CC[C@@H]3[C@H](CC[C@]4(C)C(=C(F)C(=O)O)CC[C@@H]34)[C@]21C. The third kappa shape index (κ3) is 2.92. The van der Waals surface area contributed by atoms with E-state index >= 15 is 0 Å². The number of carboxylic acids is 1. The predicted molar refractivity (Wildman–Crippen MR) is 112 cm³/mol. The Morgan fingerprint density at radius 2 is 2.07 bits per heavy atom. The second kappa shape index (κ2) is 7.28. The Morgan fingerprint density at radius 3 is 2.72 bits per heavy atom. The number of aliphatic carboxylic acids is 1. The van der Waals surface area contributed by atoms with Crippen LogP contribution in [0.2, 0.25) is 0 Å². The van der Waals surface area contributed by atoms with E-state index in [0.29, 0.717) is 35.7 Å². The molecule has 0 unspecified atom stereocenters. The summed E-state index contributed by atoms with van der Waals surface area (Å²) in [7, 11) is 1.78. The molecule has 0 heterocycles. The largest absolute Gasteiger partial charge is 0.501 e. The summed E-state index contributed by atoms with van der Waals surface area (Å²) in [5.41, 5.74) is 1.85. The lowest BCUT2D eigenvalue weighted by Gasteiger charge is -2.58. The molecule has 29 heavy (non-hydrogen) atoms. The molecule has 6 atom stereocenters. The summed E-state index contributed by atoms with van der Waals surface area (Å²) in [6.07, 6.45) is 12.6. The average molecular weight is 403 g/mol. The average Bonchev–Trinajstić information content (AvgIpc) is 3.05. The minimum Gasteiger partial charge on any atom is -0.501 e. The number of hydrogen-bond donors (Lipinski definition) is 1. The maximum Gasteiger partial charge on any atom is 0.364 e. The lowest BCUT2D eigenvalue weighted by Crippen LogP contribution is -2.51. The monoisotopic (exact) mass is 402 g/mol. The molecule has 2 fully saturated rings. The van der Waals surface area contributed by atoms with Crippen LogP contribution < -0.4 is 0 Å². The van der Waals surface area contributed by atoms with Gasteiger partial charge >= 0.3 is 5.97 Å². The standard InChI is InChI=1S/C25H35FO3/c1-5-6-15-13-17(29-4)14-16-7-8-18-19-9-10-21(22(26)23(27)28)24(19,2)12-11-20(18)25(15,16)3/h7,14-15,18-20H,5-6,8-13H2,1-4H3,(H,27,28)/t15-,18-,19-,20-,24-,25-/m0/s1. The molecule has 0 bridgehead atoms. The van der Waals surface area contributed by atoms with Crippen molar-refractivity contribution in [3.63, 3.8) is 0 Å². The molecule has 4 rings (SSSR count). The van der Waals surface area contributed by atoms with E-state index in [1.807, 2.05) is 0 Å². The van der Waals surface area contributed by atoms with Crippen LogP contribution >= 0.6 is 0 Å². The van der Waals surface area contributed by atoms with Crippen molar-refractivity contribution in [3.8, 4) is 0 Å². The summed E-state index contributed by atoms with van der Waals surface area (Å²) in [4.78, 5) is 11.3. The van der Waals surface area contributed by atoms with Crippen LogP contribution in [-0.4, -0.2) is 18.2 Å². The first-order chi connectivity index (χ1) is 13.8. The van der Waals surface area contributed by atoms with Gasteiger partial charge in [0, 0.05) is 6.42 Å². The van der Waals surface area contributed by atoms with Crippen molar-refractivity contribution in [2.75, 3.05) is 7.11 Å². The van der Waals surface area contributed by atoms with E-state index in [1.165, 1.54) is 18.4 Å². The Bertz CT molecular complexity index is 794. The number of rotatable bonds is 4. The maximum absolute atomic E-state index is 14.5. The summed E-state index contributed by atoms with van der Waals surface area (Å²) >= 11 is 0. The molecule has 0 radical (unpaired) electrons. The first-order valence-corrected chi connectivity index (χ1v) is 11.3. The smallest absolute Gasteiger partial charge is 0.364 e. The Morgan fingerprint density at radius 1 is 1.31 bits per heavy atom. The molecule has 0 aromatic rings. The number of carboxylic acid groups (broad SMARTS) is 1. The molecular formula is C25H35FO3. The second-order valence-corrected chi connectivity index (χ2v) is 10.2. The van der Waals surface area contributed by atoms with E-state index in [0.717, 1.165) is 37.9 Å². The van der Waals surface area contributed by atoms with Crippen LogP contribution in [0.15, 0.2) is 34.9 Å². The van der Waals surface area contributed by atoms with E-state index < -0.39 is 11.8 Å². The maximum atomic E-state index is 14.5. The normalized spacial score (nSPS) is 42.8. The van der Waals surface area contributed by atoms with Crippen molar-refractivity contribution < 1.29 is 19.0 Å². The van der Waals surface area contributed by atoms with E-state index in [2.05, 4.69) is 32.9 Å². The van der Waals surface area contributed by atoms with Crippen LogP contribution in [-0.2, 0) is 9.53 Å². The Balaban J connectivity index is 1.73. The number of carbonyl (C=O) groups is 1. The van der Waals surface area contributed by atoms with Crippen LogP contribution in [0.25, 0.3) is 0 Å². The topological polar surface area (TPSA) is 46.5 Å². The fourth-order valence-corrected chi connectivity index (χ4v) is 7.69. The second-order valence-electron chi connectivity index (χ2n) is 10.2. The lowest BCUT2D eigenvalue weighted by atomic mass is 9.46. The zero-order valence-corrected chi connectivity index (χ0v) is 18.3. The Kier molecular flexibility index (Phi) is 5.19. The molecule has 0 spiro atoms. The highest BCUT2D eigenvalue weighted by atomic mass is 19.1. The van der Waals surface area contributed by atoms with Gasteiger partial charge in [-0.05, 0) is 90.2 Å². The Labute approximate surface area is 174 Å². The fourth-order valence-electron chi connectivity index (χ4n) is 7.69. The number of methoxy groups -OCH3 is 1. The molecule has 160 valence electrons. The highest BCUT2D eigenvalue weighted by Gasteiger charge is 2.59. The number of hydrogen-bond acceptors (Lipinski definition) is 2. The van der Waals surface area contributed by atoms with Gasteiger partial charge in [-0.25, -0.2) is 4.79 Å². The van der Waals surface area contributed by atoms with Crippen molar-refractivity contribution in [2.45, 2.75) is 72.1 Å². The quantitative estimate of drug-likeness (QED) is 0.552. The third-order valence-electron chi connectivity index (χ3n) is 9.19. The van der Waals surface area contributed by atoms with Crippen molar-refractivity contribution in [1.82, 2.24) is 0 Å². The molecule has 3 nitrogen and oxygen atoms in total. The van der Waals surface area contributed by atoms with Crippen LogP contribution in [0.5, 0.6) is 0 Å². The first-order valence-electron chi connectivity index (χ1n) is 11.3. The van der Waals surface area contributed by atoms with Gasteiger partial charge in [-0.1, -0.05) is 33.3 Å². The molecule has 0 aliphatic heterocycles. The van der Waals surface area contributed by atoms with E-state index in [9.17, 15) is 14.3 Å². The molecular weight excluding hydrogens is 367 g/mol. The molecule has 4 heteroatoms. The fraction of sp³-hybridized carbons (Fsp3) is 0.720. The highest BCUT2D eigenvalue weighted by Crippen LogP contribution is 2.67. The lowest BCUT2D eigenvalue weighted by molar-refractivity contribution is -0.134. The minimum atomic E-state index is -1.39. The number of halogens is 1. The Hall–Kier alpha value is -1.58. The molecule has 0 amide bonds. The summed E-state index contributed by atoms with van der Waals surface area (Å²) in [6.45, 7) is 6.86. The zero-order valence-electron chi connectivity index (χ0n) is 18.3. The van der Waals surface area contributed by atoms with Crippen molar-refractivity contribution in [2.24, 2.45) is 34.5 Å². The summed E-state index contributed by atoms with van der Waals surface area (Å²) in [5.74, 6) is 0.864. The number of ether oxygens (including phenoxy) is 1. The van der Waals surface area contributed by atoms with Gasteiger partial charge in [-0.2, -0.15) is 4.39 Å². The van der Waals surface area contributed by atoms with Gasteiger partial charge < -0.3 is 9.84 Å². The van der Waals surface area contributed by atoms with Crippen molar-refractivity contribution in [1.29, 1.82) is 0 Å². The molecule has 0 saturated heterocycles. The van der Waals surface area contributed by atoms with Gasteiger partial charge in [-0.15, -0.1) is 0 Å². The summed E-state index contributed by atoms with van der Waals surface area (Å²) in [5, 5.41) is 9.26. The molecule has 1 N–H and O–H groups in total. The van der Waals surface area contributed by atoms with Crippen LogP contribution in [0, 0.1) is 34.5 Å². The summed E-state index contributed by atoms with van der Waals surface area (Å²) in [6, 6.07) is 0. The predicted octanol–water partition coefficient (Wildman–Crippen LogP) is 6.42. The van der Waals surface area contributed by atoms with Gasteiger partial charge in [0.05, 0.1) is 12.9 Å². The summed E-state index contributed by atoms with van der Waals surface area (Å²) < 4.78 is 20.2. The van der Waals surface area contributed by atoms with Gasteiger partial charge in [0.2, 0.25) is 5.83 Å². The van der Waals surface area contributed by atoms with Gasteiger partial charge in [0.15, 0.2) is 0 Å². The zero-order chi connectivity index (χ0) is 21.0. The van der Waals surface area contributed by atoms with Crippen molar-refractivity contribution in [3.05, 3.63) is 34.9 Å². The van der Waals surface area contributed by atoms with E-state index in [-0.39, 0.29) is 10.8 Å².